The highest BCUT2D eigenvalue weighted by Gasteiger charge is 2.36. The van der Waals surface area contributed by atoms with Crippen molar-refractivity contribution in [3.63, 3.8) is 0 Å². The third-order valence-corrected chi connectivity index (χ3v) is 4.98. The molecule has 1 aliphatic rings. The molecule has 26 heavy (non-hydrogen) atoms. The summed E-state index contributed by atoms with van der Waals surface area (Å²) in [5.41, 5.74) is 1.85. The number of fused-ring (bicyclic) bond motifs is 1. The molecule has 0 radical (unpaired) electrons. The van der Waals surface area contributed by atoms with Crippen LogP contribution in [0.5, 0.6) is 0 Å². The van der Waals surface area contributed by atoms with Crippen LogP contribution in [0.25, 0.3) is 10.9 Å². The fraction of sp³-hybridized carbons (Fsp3) is 0.0526. The van der Waals surface area contributed by atoms with Gasteiger partial charge >= 0.3 is 0 Å². The van der Waals surface area contributed by atoms with Crippen LogP contribution < -0.4 is 4.90 Å². The summed E-state index contributed by atoms with van der Waals surface area (Å²) in [6.45, 7) is 3.92. The minimum atomic E-state index is -0.900. The second kappa shape index (κ2) is 6.10. The fourth-order valence-electron chi connectivity index (χ4n) is 2.98. The van der Waals surface area contributed by atoms with Crippen LogP contribution in [0.1, 0.15) is 5.56 Å². The van der Waals surface area contributed by atoms with Crippen molar-refractivity contribution >= 4 is 39.5 Å². The molecule has 0 saturated carbocycles. The highest BCUT2D eigenvalue weighted by molar-refractivity contribution is 8.18. The van der Waals surface area contributed by atoms with Crippen molar-refractivity contribution < 1.29 is 18.4 Å². The lowest BCUT2D eigenvalue weighted by atomic mass is 10.2. The molecule has 0 bridgehead atoms. The van der Waals surface area contributed by atoms with Gasteiger partial charge in [0.2, 0.25) is 0 Å². The number of nitrogens with zero attached hydrogens (tertiary/aromatic N) is 2. The molecule has 0 aliphatic carbocycles. The van der Waals surface area contributed by atoms with E-state index in [1.807, 2.05) is 10.6 Å². The number of amides is 2. The van der Waals surface area contributed by atoms with Crippen molar-refractivity contribution in [3.8, 4) is 0 Å². The van der Waals surface area contributed by atoms with Gasteiger partial charge in [-0.25, -0.2) is 13.7 Å². The molecule has 4 nitrogen and oxygen atoms in total. The molecule has 2 amide bonds. The summed E-state index contributed by atoms with van der Waals surface area (Å²) in [6.07, 6.45) is 1.78. The van der Waals surface area contributed by atoms with Crippen molar-refractivity contribution in [2.24, 2.45) is 0 Å². The van der Waals surface area contributed by atoms with Gasteiger partial charge in [-0.2, -0.15) is 0 Å². The Morgan fingerprint density at radius 2 is 1.85 bits per heavy atom. The van der Waals surface area contributed by atoms with Gasteiger partial charge in [-0.05, 0) is 47.7 Å². The maximum absolute atomic E-state index is 13.4. The van der Waals surface area contributed by atoms with E-state index in [1.54, 1.807) is 24.4 Å². The molecule has 1 aromatic heterocycles. The van der Waals surface area contributed by atoms with E-state index in [0.717, 1.165) is 34.3 Å². The molecule has 130 valence electrons. The molecule has 2 aromatic carbocycles. The zero-order valence-electron chi connectivity index (χ0n) is 13.4. The first-order valence-corrected chi connectivity index (χ1v) is 8.54. The Labute approximate surface area is 151 Å². The van der Waals surface area contributed by atoms with E-state index < -0.39 is 17.5 Å². The summed E-state index contributed by atoms with van der Waals surface area (Å²) in [4.78, 5) is 25.7. The molecule has 0 N–H and O–H groups in total. The van der Waals surface area contributed by atoms with E-state index in [0.29, 0.717) is 23.2 Å². The molecule has 1 aliphatic heterocycles. The van der Waals surface area contributed by atoms with Crippen LogP contribution in [0.3, 0.4) is 0 Å². The van der Waals surface area contributed by atoms with E-state index in [1.165, 1.54) is 6.07 Å². The SMILES string of the molecule is C=C1SC(=O)N(c2cccc3c2ccn3Cc2ccc(F)c(F)c2)C1=O. The second-order valence-corrected chi connectivity index (χ2v) is 6.88. The monoisotopic (exact) mass is 370 g/mol. The van der Waals surface area contributed by atoms with Crippen molar-refractivity contribution in [1.82, 2.24) is 4.57 Å². The van der Waals surface area contributed by atoms with Gasteiger partial charge in [0.25, 0.3) is 11.1 Å². The zero-order chi connectivity index (χ0) is 18.4. The van der Waals surface area contributed by atoms with Crippen LogP contribution in [0, 0.1) is 11.6 Å². The first-order valence-electron chi connectivity index (χ1n) is 7.72. The van der Waals surface area contributed by atoms with Gasteiger partial charge in [-0.15, -0.1) is 0 Å². The van der Waals surface area contributed by atoms with Gasteiger partial charge in [-0.1, -0.05) is 18.7 Å². The second-order valence-electron chi connectivity index (χ2n) is 5.83. The Kier molecular flexibility index (Phi) is 3.88. The Hall–Kier alpha value is -2.93. The fourth-order valence-corrected chi connectivity index (χ4v) is 3.65. The summed E-state index contributed by atoms with van der Waals surface area (Å²) in [6, 6.07) is 10.8. The molecule has 2 heterocycles. The number of halogens is 2. The molecule has 1 fully saturated rings. The Balaban J connectivity index is 1.76. The molecular formula is C19H12F2N2O2S. The number of imide groups is 1. The van der Waals surface area contributed by atoms with Gasteiger partial charge in [0, 0.05) is 18.1 Å². The van der Waals surface area contributed by atoms with E-state index >= 15 is 0 Å². The lowest BCUT2D eigenvalue weighted by Crippen LogP contribution is -2.27. The van der Waals surface area contributed by atoms with Gasteiger partial charge in [-0.3, -0.25) is 9.59 Å². The highest BCUT2D eigenvalue weighted by Crippen LogP contribution is 2.37. The summed E-state index contributed by atoms with van der Waals surface area (Å²) >= 11 is 0.811. The summed E-state index contributed by atoms with van der Waals surface area (Å²) in [5.74, 6) is -2.22. The predicted molar refractivity (Wildman–Crippen MR) is 97.0 cm³/mol. The van der Waals surface area contributed by atoms with Crippen molar-refractivity contribution in [2.75, 3.05) is 4.90 Å². The third kappa shape index (κ3) is 2.61. The Morgan fingerprint density at radius 3 is 2.54 bits per heavy atom. The number of carbonyl (C=O) groups excluding carboxylic acids is 2. The van der Waals surface area contributed by atoms with Crippen molar-refractivity contribution in [3.05, 3.63) is 77.3 Å². The summed E-state index contributed by atoms with van der Waals surface area (Å²) in [5, 5.41) is 0.327. The summed E-state index contributed by atoms with van der Waals surface area (Å²) < 4.78 is 28.4. The average Bonchev–Trinajstić information content (AvgIpc) is 3.12. The minimum absolute atomic E-state index is 0.188. The zero-order valence-corrected chi connectivity index (χ0v) is 14.2. The van der Waals surface area contributed by atoms with Crippen LogP contribution in [-0.2, 0) is 11.3 Å². The van der Waals surface area contributed by atoms with Crippen LogP contribution in [0.15, 0.2) is 60.1 Å². The quantitative estimate of drug-likeness (QED) is 0.629. The molecule has 4 rings (SSSR count). The standard InChI is InChI=1S/C19H12F2N2O2S/c1-11-18(24)23(19(25)26-11)17-4-2-3-16-13(17)7-8-22(16)10-12-5-6-14(20)15(21)9-12/h2-9H,1,10H2. The van der Waals surface area contributed by atoms with Gasteiger partial charge < -0.3 is 4.57 Å². The first kappa shape index (κ1) is 16.5. The van der Waals surface area contributed by atoms with Gasteiger partial charge in [0.05, 0.1) is 16.1 Å². The molecule has 1 saturated heterocycles. The summed E-state index contributed by atoms with van der Waals surface area (Å²) in [7, 11) is 0. The molecular weight excluding hydrogens is 358 g/mol. The molecule has 3 aromatic rings. The van der Waals surface area contributed by atoms with E-state index in [9.17, 15) is 18.4 Å². The number of hydrogen-bond donors (Lipinski definition) is 0. The number of rotatable bonds is 3. The smallest absolute Gasteiger partial charge is 0.298 e. The topological polar surface area (TPSA) is 42.3 Å². The minimum Gasteiger partial charge on any atom is -0.343 e. The van der Waals surface area contributed by atoms with Gasteiger partial charge in [0.15, 0.2) is 11.6 Å². The molecule has 0 unspecified atom stereocenters. The Bertz CT molecular complexity index is 1090. The third-order valence-electron chi connectivity index (χ3n) is 4.20. The van der Waals surface area contributed by atoms with E-state index in [-0.39, 0.29) is 10.1 Å². The van der Waals surface area contributed by atoms with E-state index in [2.05, 4.69) is 6.58 Å². The number of carbonyl (C=O) groups is 2. The van der Waals surface area contributed by atoms with Gasteiger partial charge in [0.1, 0.15) is 0 Å². The number of aromatic nitrogens is 1. The van der Waals surface area contributed by atoms with Crippen molar-refractivity contribution in [2.45, 2.75) is 6.54 Å². The van der Waals surface area contributed by atoms with Crippen LogP contribution in [0.4, 0.5) is 19.3 Å². The maximum Gasteiger partial charge on any atom is 0.298 e. The lowest BCUT2D eigenvalue weighted by Gasteiger charge is -2.14. The van der Waals surface area contributed by atoms with Crippen LogP contribution in [0.2, 0.25) is 0 Å². The Morgan fingerprint density at radius 1 is 1.04 bits per heavy atom. The lowest BCUT2D eigenvalue weighted by molar-refractivity contribution is -0.113. The number of hydrogen-bond acceptors (Lipinski definition) is 3. The molecule has 7 heteroatoms. The normalized spacial score (nSPS) is 14.7. The predicted octanol–water partition coefficient (Wildman–Crippen LogP) is 4.68. The molecule has 0 atom stereocenters. The first-order chi connectivity index (χ1) is 12.5. The van der Waals surface area contributed by atoms with E-state index in [4.69, 9.17) is 0 Å². The average molecular weight is 370 g/mol. The molecule has 0 spiro atoms. The largest absolute Gasteiger partial charge is 0.343 e. The van der Waals surface area contributed by atoms with Crippen LogP contribution >= 0.6 is 11.8 Å². The highest BCUT2D eigenvalue weighted by atomic mass is 32.2. The number of benzene rings is 2. The number of anilines is 1. The van der Waals surface area contributed by atoms with Crippen LogP contribution in [-0.4, -0.2) is 15.7 Å². The number of thioether (sulfide) groups is 1. The maximum atomic E-state index is 13.4. The van der Waals surface area contributed by atoms with Crippen molar-refractivity contribution in [1.29, 1.82) is 0 Å².